The number of hydrogen-bond acceptors (Lipinski definition) is 3. The monoisotopic (exact) mass is 241 g/mol. The molecule has 0 aliphatic rings. The SMILES string of the molecule is C=CCNS(=O)(=O)c1ccc(C)cc1OC. The fraction of sp³-hybridized carbons (Fsp3) is 0.273. The molecule has 0 aliphatic carbocycles. The van der Waals surface area contributed by atoms with Gasteiger partial charge in [-0.1, -0.05) is 12.1 Å². The second-order valence-electron chi connectivity index (χ2n) is 3.29. The number of methoxy groups -OCH3 is 1. The van der Waals surface area contributed by atoms with Crippen LogP contribution in [-0.4, -0.2) is 22.1 Å². The molecule has 1 rings (SSSR count). The summed E-state index contributed by atoms with van der Waals surface area (Å²) in [6, 6.07) is 4.94. The second kappa shape index (κ2) is 5.14. The Morgan fingerprint density at radius 1 is 1.50 bits per heavy atom. The smallest absolute Gasteiger partial charge is 0.244 e. The molecule has 4 nitrogen and oxygen atoms in total. The van der Waals surface area contributed by atoms with Crippen molar-refractivity contribution in [3.63, 3.8) is 0 Å². The average Bonchev–Trinajstić information content (AvgIpc) is 2.26. The first-order valence-electron chi connectivity index (χ1n) is 4.76. The standard InChI is InChI=1S/C11H15NO3S/c1-4-7-12-16(13,14)11-6-5-9(2)8-10(11)15-3/h4-6,8,12H,1,7H2,2-3H3. The van der Waals surface area contributed by atoms with E-state index in [1.54, 1.807) is 12.1 Å². The van der Waals surface area contributed by atoms with Gasteiger partial charge in [0.2, 0.25) is 10.0 Å². The molecule has 0 aliphatic heterocycles. The van der Waals surface area contributed by atoms with Crippen molar-refractivity contribution in [3.05, 3.63) is 36.4 Å². The van der Waals surface area contributed by atoms with E-state index in [4.69, 9.17) is 4.74 Å². The molecular weight excluding hydrogens is 226 g/mol. The van der Waals surface area contributed by atoms with Crippen molar-refractivity contribution in [2.24, 2.45) is 0 Å². The Hall–Kier alpha value is -1.33. The molecule has 16 heavy (non-hydrogen) atoms. The van der Waals surface area contributed by atoms with Gasteiger partial charge in [0, 0.05) is 6.54 Å². The molecule has 0 unspecified atom stereocenters. The highest BCUT2D eigenvalue weighted by Gasteiger charge is 2.18. The lowest BCUT2D eigenvalue weighted by Crippen LogP contribution is -2.24. The van der Waals surface area contributed by atoms with Crippen molar-refractivity contribution in [2.75, 3.05) is 13.7 Å². The Labute approximate surface area is 96.0 Å². The van der Waals surface area contributed by atoms with Gasteiger partial charge in [0.15, 0.2) is 0 Å². The zero-order valence-electron chi connectivity index (χ0n) is 9.36. The third kappa shape index (κ3) is 2.84. The minimum absolute atomic E-state index is 0.141. The first-order valence-corrected chi connectivity index (χ1v) is 6.25. The Morgan fingerprint density at radius 3 is 2.75 bits per heavy atom. The van der Waals surface area contributed by atoms with Crippen molar-refractivity contribution in [1.82, 2.24) is 4.72 Å². The molecule has 0 bridgehead atoms. The molecule has 0 fully saturated rings. The summed E-state index contributed by atoms with van der Waals surface area (Å²) >= 11 is 0. The minimum Gasteiger partial charge on any atom is -0.495 e. The quantitative estimate of drug-likeness (QED) is 0.794. The molecule has 0 saturated carbocycles. The van der Waals surface area contributed by atoms with Crippen LogP contribution in [0, 0.1) is 6.92 Å². The summed E-state index contributed by atoms with van der Waals surface area (Å²) in [5, 5.41) is 0. The van der Waals surface area contributed by atoms with E-state index >= 15 is 0 Å². The van der Waals surface area contributed by atoms with Crippen LogP contribution in [0.2, 0.25) is 0 Å². The van der Waals surface area contributed by atoms with Gasteiger partial charge in [-0.05, 0) is 24.6 Å². The molecule has 0 aromatic heterocycles. The lowest BCUT2D eigenvalue weighted by atomic mass is 10.2. The molecule has 1 aromatic carbocycles. The predicted molar refractivity (Wildman–Crippen MR) is 63.1 cm³/mol. The van der Waals surface area contributed by atoms with E-state index in [-0.39, 0.29) is 11.4 Å². The molecule has 0 saturated heterocycles. The number of benzene rings is 1. The van der Waals surface area contributed by atoms with E-state index in [2.05, 4.69) is 11.3 Å². The minimum atomic E-state index is -3.53. The molecule has 0 radical (unpaired) electrons. The van der Waals surface area contributed by atoms with Gasteiger partial charge < -0.3 is 4.74 Å². The molecule has 5 heteroatoms. The van der Waals surface area contributed by atoms with Crippen LogP contribution in [0.15, 0.2) is 35.7 Å². The van der Waals surface area contributed by atoms with Gasteiger partial charge in [-0.2, -0.15) is 0 Å². The van der Waals surface area contributed by atoms with Crippen LogP contribution in [0.4, 0.5) is 0 Å². The summed E-state index contributed by atoms with van der Waals surface area (Å²) in [5.41, 5.74) is 0.944. The lowest BCUT2D eigenvalue weighted by molar-refractivity contribution is 0.402. The number of ether oxygens (including phenoxy) is 1. The molecule has 1 aromatic rings. The average molecular weight is 241 g/mol. The normalized spacial score (nSPS) is 11.1. The van der Waals surface area contributed by atoms with Crippen LogP contribution in [0.25, 0.3) is 0 Å². The predicted octanol–water partition coefficient (Wildman–Crippen LogP) is 1.47. The van der Waals surface area contributed by atoms with Gasteiger partial charge >= 0.3 is 0 Å². The largest absolute Gasteiger partial charge is 0.495 e. The molecule has 0 amide bonds. The summed E-state index contributed by atoms with van der Waals surface area (Å²) in [7, 11) is -2.08. The van der Waals surface area contributed by atoms with Crippen LogP contribution in [-0.2, 0) is 10.0 Å². The number of sulfonamides is 1. The van der Waals surface area contributed by atoms with Gasteiger partial charge in [-0.25, -0.2) is 13.1 Å². The van der Waals surface area contributed by atoms with Crippen molar-refractivity contribution < 1.29 is 13.2 Å². The third-order valence-corrected chi connectivity index (χ3v) is 3.49. The number of aryl methyl sites for hydroxylation is 1. The molecule has 0 heterocycles. The van der Waals surface area contributed by atoms with Crippen LogP contribution in [0.5, 0.6) is 5.75 Å². The summed E-state index contributed by atoms with van der Waals surface area (Å²) in [4.78, 5) is 0.141. The highest BCUT2D eigenvalue weighted by Crippen LogP contribution is 2.24. The van der Waals surface area contributed by atoms with Gasteiger partial charge in [-0.3, -0.25) is 0 Å². The number of rotatable bonds is 5. The molecule has 88 valence electrons. The van der Waals surface area contributed by atoms with Crippen molar-refractivity contribution in [1.29, 1.82) is 0 Å². The van der Waals surface area contributed by atoms with E-state index < -0.39 is 10.0 Å². The first kappa shape index (κ1) is 12.7. The van der Waals surface area contributed by atoms with Gasteiger partial charge in [0.05, 0.1) is 7.11 Å². The fourth-order valence-electron chi connectivity index (χ4n) is 1.24. The summed E-state index contributed by atoms with van der Waals surface area (Å²) in [6.07, 6.45) is 1.48. The van der Waals surface area contributed by atoms with E-state index in [1.165, 1.54) is 19.3 Å². The van der Waals surface area contributed by atoms with E-state index in [9.17, 15) is 8.42 Å². The maximum absolute atomic E-state index is 11.8. The highest BCUT2D eigenvalue weighted by molar-refractivity contribution is 7.89. The Bertz CT molecular complexity index is 480. The lowest BCUT2D eigenvalue weighted by Gasteiger charge is -2.10. The number of hydrogen-bond donors (Lipinski definition) is 1. The first-order chi connectivity index (χ1) is 7.51. The Kier molecular flexibility index (Phi) is 4.09. The van der Waals surface area contributed by atoms with Crippen LogP contribution < -0.4 is 9.46 Å². The summed E-state index contributed by atoms with van der Waals surface area (Å²) in [5.74, 6) is 0.344. The highest BCUT2D eigenvalue weighted by atomic mass is 32.2. The third-order valence-electron chi connectivity index (χ3n) is 2.03. The van der Waals surface area contributed by atoms with E-state index in [0.29, 0.717) is 5.75 Å². The molecule has 0 atom stereocenters. The van der Waals surface area contributed by atoms with Crippen LogP contribution >= 0.6 is 0 Å². The molecular formula is C11H15NO3S. The van der Waals surface area contributed by atoms with Gasteiger partial charge in [0.25, 0.3) is 0 Å². The Morgan fingerprint density at radius 2 is 2.19 bits per heavy atom. The van der Waals surface area contributed by atoms with Crippen LogP contribution in [0.1, 0.15) is 5.56 Å². The number of nitrogens with one attached hydrogen (secondary N) is 1. The van der Waals surface area contributed by atoms with E-state index in [1.807, 2.05) is 6.92 Å². The summed E-state index contributed by atoms with van der Waals surface area (Å²) < 4.78 is 31.1. The van der Waals surface area contributed by atoms with Crippen molar-refractivity contribution in [3.8, 4) is 5.75 Å². The van der Waals surface area contributed by atoms with E-state index in [0.717, 1.165) is 5.56 Å². The summed E-state index contributed by atoms with van der Waals surface area (Å²) in [6.45, 7) is 5.52. The zero-order chi connectivity index (χ0) is 12.2. The molecule has 0 spiro atoms. The fourth-order valence-corrected chi connectivity index (χ4v) is 2.39. The van der Waals surface area contributed by atoms with Gasteiger partial charge in [-0.15, -0.1) is 6.58 Å². The Balaban J connectivity index is 3.16. The maximum atomic E-state index is 11.8. The topological polar surface area (TPSA) is 55.4 Å². The second-order valence-corrected chi connectivity index (χ2v) is 5.03. The maximum Gasteiger partial charge on any atom is 0.244 e. The van der Waals surface area contributed by atoms with Crippen molar-refractivity contribution >= 4 is 10.0 Å². The molecule has 1 N–H and O–H groups in total. The van der Waals surface area contributed by atoms with Crippen molar-refractivity contribution in [2.45, 2.75) is 11.8 Å². The zero-order valence-corrected chi connectivity index (χ0v) is 10.2. The van der Waals surface area contributed by atoms with Gasteiger partial charge in [0.1, 0.15) is 10.6 Å². The van der Waals surface area contributed by atoms with Crippen LogP contribution in [0.3, 0.4) is 0 Å².